The average molecular weight is 276 g/mol. The van der Waals surface area contributed by atoms with E-state index in [1.165, 1.54) is 6.42 Å². The summed E-state index contributed by atoms with van der Waals surface area (Å²) in [4.78, 5) is 14.8. The van der Waals surface area contributed by atoms with E-state index in [-0.39, 0.29) is 11.3 Å². The summed E-state index contributed by atoms with van der Waals surface area (Å²) >= 11 is 0. The van der Waals surface area contributed by atoms with Crippen molar-refractivity contribution in [2.75, 3.05) is 19.6 Å². The number of amides is 1. The molecule has 0 aromatic carbocycles. The molecular weight excluding hydrogens is 252 g/mol. The van der Waals surface area contributed by atoms with E-state index in [0.29, 0.717) is 5.69 Å². The molecule has 20 heavy (non-hydrogen) atoms. The summed E-state index contributed by atoms with van der Waals surface area (Å²) in [7, 11) is 0. The quantitative estimate of drug-likeness (QED) is 0.864. The second-order valence-corrected chi connectivity index (χ2v) is 6.45. The standard InChI is InChI=1S/C15H24N4O/c1-3-15(2)6-4-8-19(10-15)14(20)13-11-9-16-7-5-12(11)17-18-13/h16H,3-10H2,1-2H3,(H,17,18). The highest BCUT2D eigenvalue weighted by Crippen LogP contribution is 2.33. The Morgan fingerprint density at radius 3 is 3.15 bits per heavy atom. The maximum atomic E-state index is 12.8. The molecule has 2 N–H and O–H groups in total. The van der Waals surface area contributed by atoms with Gasteiger partial charge in [-0.1, -0.05) is 13.8 Å². The van der Waals surface area contributed by atoms with Gasteiger partial charge in [0, 0.05) is 43.9 Å². The zero-order valence-electron chi connectivity index (χ0n) is 12.5. The molecule has 1 saturated heterocycles. The molecule has 3 rings (SSSR count). The molecule has 1 aromatic rings. The number of aromatic nitrogens is 2. The summed E-state index contributed by atoms with van der Waals surface area (Å²) in [6.07, 6.45) is 4.37. The second-order valence-electron chi connectivity index (χ2n) is 6.45. The van der Waals surface area contributed by atoms with Crippen LogP contribution in [0.3, 0.4) is 0 Å². The lowest BCUT2D eigenvalue weighted by molar-refractivity contribution is 0.0536. The first kappa shape index (κ1) is 13.6. The molecule has 0 bridgehead atoms. The van der Waals surface area contributed by atoms with E-state index in [1.54, 1.807) is 0 Å². The molecule has 3 heterocycles. The van der Waals surface area contributed by atoms with Crippen LogP contribution < -0.4 is 5.32 Å². The van der Waals surface area contributed by atoms with Crippen LogP contribution in [0.4, 0.5) is 0 Å². The van der Waals surface area contributed by atoms with Gasteiger partial charge in [-0.15, -0.1) is 0 Å². The van der Waals surface area contributed by atoms with Crippen LogP contribution in [-0.4, -0.2) is 40.6 Å². The highest BCUT2D eigenvalue weighted by Gasteiger charge is 2.34. The molecule has 1 atom stereocenters. The van der Waals surface area contributed by atoms with E-state index in [2.05, 4.69) is 29.4 Å². The Balaban J connectivity index is 1.80. The van der Waals surface area contributed by atoms with Crippen LogP contribution in [0.5, 0.6) is 0 Å². The topological polar surface area (TPSA) is 61.0 Å². The third kappa shape index (κ3) is 2.35. The van der Waals surface area contributed by atoms with E-state index in [9.17, 15) is 4.79 Å². The molecule has 0 saturated carbocycles. The fraction of sp³-hybridized carbons (Fsp3) is 0.733. The summed E-state index contributed by atoms with van der Waals surface area (Å²) in [6, 6.07) is 0. The predicted octanol–water partition coefficient (Wildman–Crippen LogP) is 1.71. The van der Waals surface area contributed by atoms with Gasteiger partial charge in [-0.3, -0.25) is 9.89 Å². The molecule has 0 aliphatic carbocycles. The number of hydrogen-bond donors (Lipinski definition) is 2. The SMILES string of the molecule is CCC1(C)CCCN(C(=O)c2n[nH]c3c2CNCC3)C1. The molecule has 0 spiro atoms. The fourth-order valence-corrected chi connectivity index (χ4v) is 3.33. The zero-order chi connectivity index (χ0) is 14.2. The van der Waals surface area contributed by atoms with Crippen molar-refractivity contribution in [3.05, 3.63) is 17.0 Å². The van der Waals surface area contributed by atoms with Crippen molar-refractivity contribution in [2.45, 2.75) is 46.1 Å². The maximum Gasteiger partial charge on any atom is 0.274 e. The normalized spacial score (nSPS) is 26.4. The highest BCUT2D eigenvalue weighted by molar-refractivity contribution is 5.94. The van der Waals surface area contributed by atoms with Gasteiger partial charge < -0.3 is 10.2 Å². The van der Waals surface area contributed by atoms with Crippen molar-refractivity contribution in [3.63, 3.8) is 0 Å². The van der Waals surface area contributed by atoms with E-state index in [0.717, 1.165) is 56.7 Å². The van der Waals surface area contributed by atoms with Gasteiger partial charge in [-0.2, -0.15) is 5.10 Å². The van der Waals surface area contributed by atoms with Gasteiger partial charge in [0.15, 0.2) is 5.69 Å². The average Bonchev–Trinajstić information content (AvgIpc) is 2.90. The second kappa shape index (κ2) is 5.20. The third-order valence-corrected chi connectivity index (χ3v) is 4.93. The van der Waals surface area contributed by atoms with Gasteiger partial charge in [-0.25, -0.2) is 0 Å². The van der Waals surface area contributed by atoms with Crippen LogP contribution in [0.1, 0.15) is 54.9 Å². The summed E-state index contributed by atoms with van der Waals surface area (Å²) in [5.41, 5.74) is 3.10. The zero-order valence-corrected chi connectivity index (χ0v) is 12.5. The fourth-order valence-electron chi connectivity index (χ4n) is 3.33. The van der Waals surface area contributed by atoms with Gasteiger partial charge >= 0.3 is 0 Å². The molecule has 2 aliphatic rings. The number of rotatable bonds is 2. The minimum Gasteiger partial charge on any atom is -0.337 e. The van der Waals surface area contributed by atoms with Crippen LogP contribution in [0.15, 0.2) is 0 Å². The Labute approximate surface area is 120 Å². The van der Waals surface area contributed by atoms with Crippen LogP contribution in [0.25, 0.3) is 0 Å². The Bertz CT molecular complexity index is 510. The Hall–Kier alpha value is -1.36. The molecule has 0 radical (unpaired) electrons. The molecule has 110 valence electrons. The highest BCUT2D eigenvalue weighted by atomic mass is 16.2. The Morgan fingerprint density at radius 2 is 2.35 bits per heavy atom. The Kier molecular flexibility index (Phi) is 3.54. The number of hydrogen-bond acceptors (Lipinski definition) is 3. The van der Waals surface area contributed by atoms with Crippen LogP contribution >= 0.6 is 0 Å². The van der Waals surface area contributed by atoms with Gasteiger partial charge in [0.2, 0.25) is 0 Å². The summed E-state index contributed by atoms with van der Waals surface area (Å²) in [5, 5.41) is 10.7. The van der Waals surface area contributed by atoms with Gasteiger partial charge in [0.25, 0.3) is 5.91 Å². The van der Waals surface area contributed by atoms with Crippen molar-refractivity contribution in [2.24, 2.45) is 5.41 Å². The molecule has 5 heteroatoms. The van der Waals surface area contributed by atoms with Crippen molar-refractivity contribution < 1.29 is 4.79 Å². The number of piperidine rings is 1. The molecular formula is C15H24N4O. The smallest absolute Gasteiger partial charge is 0.274 e. The largest absolute Gasteiger partial charge is 0.337 e. The van der Waals surface area contributed by atoms with E-state index >= 15 is 0 Å². The first-order chi connectivity index (χ1) is 9.63. The number of likely N-dealkylation sites (tertiary alicyclic amines) is 1. The van der Waals surface area contributed by atoms with Gasteiger partial charge in [-0.05, 0) is 24.7 Å². The maximum absolute atomic E-state index is 12.8. The van der Waals surface area contributed by atoms with E-state index < -0.39 is 0 Å². The van der Waals surface area contributed by atoms with Gasteiger partial charge in [0.05, 0.1) is 0 Å². The van der Waals surface area contributed by atoms with Crippen molar-refractivity contribution >= 4 is 5.91 Å². The van der Waals surface area contributed by atoms with E-state index in [1.807, 2.05) is 4.90 Å². The number of carbonyl (C=O) groups excluding carboxylic acids is 1. The number of nitrogens with one attached hydrogen (secondary N) is 2. The first-order valence-corrected chi connectivity index (χ1v) is 7.69. The first-order valence-electron chi connectivity index (χ1n) is 7.69. The lowest BCUT2D eigenvalue weighted by Crippen LogP contribution is -2.45. The minimum absolute atomic E-state index is 0.102. The van der Waals surface area contributed by atoms with Gasteiger partial charge in [0.1, 0.15) is 0 Å². The third-order valence-electron chi connectivity index (χ3n) is 4.93. The van der Waals surface area contributed by atoms with Crippen molar-refractivity contribution in [3.8, 4) is 0 Å². The van der Waals surface area contributed by atoms with E-state index in [4.69, 9.17) is 0 Å². The van der Waals surface area contributed by atoms with Crippen molar-refractivity contribution in [1.82, 2.24) is 20.4 Å². The molecule has 1 aromatic heterocycles. The number of aromatic amines is 1. The monoisotopic (exact) mass is 276 g/mol. The van der Waals surface area contributed by atoms with Crippen LogP contribution in [0.2, 0.25) is 0 Å². The Morgan fingerprint density at radius 1 is 1.50 bits per heavy atom. The van der Waals surface area contributed by atoms with Crippen molar-refractivity contribution in [1.29, 1.82) is 0 Å². The predicted molar refractivity (Wildman–Crippen MR) is 77.5 cm³/mol. The number of fused-ring (bicyclic) bond motifs is 1. The lowest BCUT2D eigenvalue weighted by atomic mass is 9.79. The lowest BCUT2D eigenvalue weighted by Gasteiger charge is -2.39. The molecule has 1 unspecified atom stereocenters. The summed E-state index contributed by atoms with van der Waals surface area (Å²) < 4.78 is 0. The molecule has 5 nitrogen and oxygen atoms in total. The number of nitrogens with zero attached hydrogens (tertiary/aromatic N) is 2. The molecule has 1 amide bonds. The summed E-state index contributed by atoms with van der Waals surface area (Å²) in [5.74, 6) is 0.102. The minimum atomic E-state index is 0.102. The van der Waals surface area contributed by atoms with Crippen LogP contribution in [0, 0.1) is 5.41 Å². The number of H-pyrrole nitrogens is 1. The molecule has 2 aliphatic heterocycles. The molecule has 1 fully saturated rings. The number of carbonyl (C=O) groups is 1. The summed E-state index contributed by atoms with van der Waals surface area (Å²) in [6.45, 7) is 7.94. The van der Waals surface area contributed by atoms with Crippen LogP contribution in [-0.2, 0) is 13.0 Å².